The molecule has 0 spiro atoms. The highest BCUT2D eigenvalue weighted by Gasteiger charge is 2.31. The number of benzene rings is 1. The molecule has 0 aliphatic heterocycles. The zero-order valence-corrected chi connectivity index (χ0v) is 14.0. The summed E-state index contributed by atoms with van der Waals surface area (Å²) >= 11 is 0. The molecule has 1 amide bonds. The van der Waals surface area contributed by atoms with E-state index in [1.54, 1.807) is 25.1 Å². The number of nitriles is 1. The van der Waals surface area contributed by atoms with Crippen LogP contribution in [0.15, 0.2) is 36.5 Å². The molecule has 1 atom stereocenters. The molecule has 0 aliphatic rings. The number of halogens is 3. The number of pyridine rings is 1. The third kappa shape index (κ3) is 4.63. The van der Waals surface area contributed by atoms with E-state index in [1.807, 2.05) is 6.07 Å². The molecule has 1 aromatic heterocycles. The van der Waals surface area contributed by atoms with Crippen LogP contribution < -0.4 is 16.0 Å². The minimum Gasteiger partial charge on any atom is -0.385 e. The van der Waals surface area contributed by atoms with Gasteiger partial charge in [-0.15, -0.1) is 0 Å². The summed E-state index contributed by atoms with van der Waals surface area (Å²) in [6.07, 6.45) is -4.40. The first-order valence-electron chi connectivity index (χ1n) is 7.57. The Labute approximate surface area is 148 Å². The van der Waals surface area contributed by atoms with E-state index in [0.717, 1.165) is 6.07 Å². The summed E-state index contributed by atoms with van der Waals surface area (Å²) in [7, 11) is 1.47. The average molecular weight is 363 g/mol. The van der Waals surface area contributed by atoms with Crippen molar-refractivity contribution in [2.75, 3.05) is 17.7 Å². The number of carbonyl (C=O) groups excluding carboxylic acids is 1. The van der Waals surface area contributed by atoms with E-state index in [0.29, 0.717) is 17.3 Å². The lowest BCUT2D eigenvalue weighted by atomic mass is 10.1. The molecule has 136 valence electrons. The third-order valence-corrected chi connectivity index (χ3v) is 3.44. The number of carbonyl (C=O) groups is 1. The van der Waals surface area contributed by atoms with Gasteiger partial charge in [-0.2, -0.15) is 18.4 Å². The van der Waals surface area contributed by atoms with Gasteiger partial charge < -0.3 is 16.0 Å². The van der Waals surface area contributed by atoms with Crippen LogP contribution in [0.5, 0.6) is 0 Å². The standard InChI is InChI=1S/C17H16F3N5O/c1-10(25-16(26)12-5-3-4-11(6-12)8-21)24-15-14(22-2)7-13(9-23-15)17(18,19)20/h3-7,9-10,22H,1-2H3,(H,23,24)(H,25,26). The second-order valence-corrected chi connectivity index (χ2v) is 5.40. The highest BCUT2D eigenvalue weighted by molar-refractivity contribution is 5.94. The molecular formula is C17H16F3N5O. The normalized spacial score (nSPS) is 12.0. The van der Waals surface area contributed by atoms with Gasteiger partial charge in [-0.1, -0.05) is 6.07 Å². The fraction of sp³-hybridized carbons (Fsp3) is 0.235. The molecule has 9 heteroatoms. The van der Waals surface area contributed by atoms with Gasteiger partial charge in [0.1, 0.15) is 0 Å². The Bertz CT molecular complexity index is 845. The molecule has 2 rings (SSSR count). The molecule has 0 saturated heterocycles. The van der Waals surface area contributed by atoms with Crippen molar-refractivity contribution >= 4 is 17.4 Å². The summed E-state index contributed by atoms with van der Waals surface area (Å²) in [6.45, 7) is 1.62. The third-order valence-electron chi connectivity index (χ3n) is 3.44. The van der Waals surface area contributed by atoms with Crippen molar-refractivity contribution in [1.82, 2.24) is 10.3 Å². The second kappa shape index (κ2) is 7.74. The van der Waals surface area contributed by atoms with Gasteiger partial charge >= 0.3 is 6.18 Å². The summed E-state index contributed by atoms with van der Waals surface area (Å²) in [5, 5.41) is 17.0. The molecule has 0 bridgehead atoms. The minimum atomic E-state index is -4.50. The van der Waals surface area contributed by atoms with E-state index >= 15 is 0 Å². The van der Waals surface area contributed by atoms with Crippen LogP contribution in [-0.4, -0.2) is 24.1 Å². The van der Waals surface area contributed by atoms with Crippen molar-refractivity contribution in [3.05, 3.63) is 53.2 Å². The van der Waals surface area contributed by atoms with Gasteiger partial charge in [0.2, 0.25) is 0 Å². The van der Waals surface area contributed by atoms with Crippen LogP contribution in [0.3, 0.4) is 0 Å². The molecule has 2 aromatic rings. The number of aromatic nitrogens is 1. The van der Waals surface area contributed by atoms with Crippen molar-refractivity contribution in [3.63, 3.8) is 0 Å². The summed E-state index contributed by atoms with van der Waals surface area (Å²) in [5.74, 6) is -0.265. The number of alkyl halides is 3. The van der Waals surface area contributed by atoms with Crippen LogP contribution in [0.25, 0.3) is 0 Å². The van der Waals surface area contributed by atoms with Crippen LogP contribution in [0, 0.1) is 11.3 Å². The molecule has 1 unspecified atom stereocenters. The summed E-state index contributed by atoms with van der Waals surface area (Å²) in [5.41, 5.74) is -0.0862. The fourth-order valence-electron chi connectivity index (χ4n) is 2.18. The van der Waals surface area contributed by atoms with Crippen LogP contribution >= 0.6 is 0 Å². The Morgan fingerprint density at radius 2 is 2.04 bits per heavy atom. The van der Waals surface area contributed by atoms with Crippen LogP contribution in [0.1, 0.15) is 28.4 Å². The largest absolute Gasteiger partial charge is 0.417 e. The molecule has 1 aromatic carbocycles. The summed E-state index contributed by atoms with van der Waals surface area (Å²) < 4.78 is 38.3. The lowest BCUT2D eigenvalue weighted by Crippen LogP contribution is -2.38. The van der Waals surface area contributed by atoms with Crippen molar-refractivity contribution in [2.24, 2.45) is 0 Å². The summed E-state index contributed by atoms with van der Waals surface area (Å²) in [4.78, 5) is 16.0. The van der Waals surface area contributed by atoms with Gasteiger partial charge in [-0.3, -0.25) is 4.79 Å². The number of rotatable bonds is 5. The molecule has 0 aliphatic carbocycles. The SMILES string of the molecule is CNc1cc(C(F)(F)F)cnc1NC(C)NC(=O)c1cccc(C#N)c1. The molecule has 1 heterocycles. The Morgan fingerprint density at radius 3 is 2.65 bits per heavy atom. The molecule has 6 nitrogen and oxygen atoms in total. The Kier molecular flexibility index (Phi) is 5.67. The van der Waals surface area contributed by atoms with Gasteiger partial charge in [0, 0.05) is 18.8 Å². The van der Waals surface area contributed by atoms with Gasteiger partial charge in [-0.05, 0) is 31.2 Å². The predicted octanol–water partition coefficient (Wildman–Crippen LogP) is 3.20. The van der Waals surface area contributed by atoms with Crippen molar-refractivity contribution in [2.45, 2.75) is 19.3 Å². The first kappa shape index (κ1) is 19.1. The topological polar surface area (TPSA) is 89.8 Å². The highest BCUT2D eigenvalue weighted by atomic mass is 19.4. The maximum atomic E-state index is 12.8. The molecule has 26 heavy (non-hydrogen) atoms. The molecule has 0 saturated carbocycles. The minimum absolute atomic E-state index is 0.146. The maximum Gasteiger partial charge on any atom is 0.417 e. The number of nitrogens with one attached hydrogen (secondary N) is 3. The van der Waals surface area contributed by atoms with Gasteiger partial charge in [0.25, 0.3) is 5.91 Å². The number of hydrogen-bond donors (Lipinski definition) is 3. The molecule has 0 fully saturated rings. The molecular weight excluding hydrogens is 347 g/mol. The Hall–Kier alpha value is -3.28. The van der Waals surface area contributed by atoms with Crippen LogP contribution in [-0.2, 0) is 6.18 Å². The first-order chi connectivity index (χ1) is 12.2. The zero-order chi connectivity index (χ0) is 19.3. The second-order valence-electron chi connectivity index (χ2n) is 5.40. The van der Waals surface area contributed by atoms with E-state index in [4.69, 9.17) is 5.26 Å². The number of hydrogen-bond acceptors (Lipinski definition) is 5. The smallest absolute Gasteiger partial charge is 0.385 e. The van der Waals surface area contributed by atoms with Gasteiger partial charge in [0.05, 0.1) is 29.0 Å². The average Bonchev–Trinajstić information content (AvgIpc) is 2.61. The highest BCUT2D eigenvalue weighted by Crippen LogP contribution is 2.32. The Balaban J connectivity index is 2.11. The molecule has 3 N–H and O–H groups in total. The summed E-state index contributed by atoms with van der Waals surface area (Å²) in [6, 6.07) is 9.03. The van der Waals surface area contributed by atoms with E-state index < -0.39 is 23.8 Å². The first-order valence-corrected chi connectivity index (χ1v) is 7.57. The fourth-order valence-corrected chi connectivity index (χ4v) is 2.18. The monoisotopic (exact) mass is 363 g/mol. The number of anilines is 2. The lowest BCUT2D eigenvalue weighted by molar-refractivity contribution is -0.137. The van der Waals surface area contributed by atoms with Crippen molar-refractivity contribution in [1.29, 1.82) is 5.26 Å². The van der Waals surface area contributed by atoms with Crippen molar-refractivity contribution in [3.8, 4) is 6.07 Å². The van der Waals surface area contributed by atoms with Gasteiger partial charge in [0.15, 0.2) is 5.82 Å². The number of amides is 1. The predicted molar refractivity (Wildman–Crippen MR) is 90.5 cm³/mol. The van der Waals surface area contributed by atoms with E-state index in [-0.39, 0.29) is 11.5 Å². The number of nitrogens with zero attached hydrogens (tertiary/aromatic N) is 2. The molecule has 0 radical (unpaired) electrons. The van der Waals surface area contributed by atoms with E-state index in [9.17, 15) is 18.0 Å². The Morgan fingerprint density at radius 1 is 1.31 bits per heavy atom. The van der Waals surface area contributed by atoms with Crippen LogP contribution in [0.4, 0.5) is 24.7 Å². The zero-order valence-electron chi connectivity index (χ0n) is 14.0. The quantitative estimate of drug-likeness (QED) is 0.710. The van der Waals surface area contributed by atoms with Crippen LogP contribution in [0.2, 0.25) is 0 Å². The lowest BCUT2D eigenvalue weighted by Gasteiger charge is -2.19. The van der Waals surface area contributed by atoms with E-state index in [1.165, 1.54) is 13.1 Å². The van der Waals surface area contributed by atoms with Gasteiger partial charge in [-0.25, -0.2) is 4.98 Å². The van der Waals surface area contributed by atoms with Crippen molar-refractivity contribution < 1.29 is 18.0 Å². The maximum absolute atomic E-state index is 12.8. The van der Waals surface area contributed by atoms with E-state index in [2.05, 4.69) is 20.9 Å².